The summed E-state index contributed by atoms with van der Waals surface area (Å²) in [4.78, 5) is 16.9. The Hall–Kier alpha value is -1.77. The Balaban J connectivity index is 1.46. The smallest absolute Gasteiger partial charge is 0.263 e. The minimum absolute atomic E-state index is 0.000398. The van der Waals surface area contributed by atoms with Crippen molar-refractivity contribution in [3.8, 4) is 0 Å². The van der Waals surface area contributed by atoms with Crippen LogP contribution < -0.4 is 0 Å². The van der Waals surface area contributed by atoms with Gasteiger partial charge in [-0.1, -0.05) is 0 Å². The molecule has 1 aliphatic carbocycles. The van der Waals surface area contributed by atoms with Crippen molar-refractivity contribution in [3.05, 3.63) is 51.5 Å². The number of rotatable bonds is 3. The summed E-state index contributed by atoms with van der Waals surface area (Å²) in [7, 11) is -3.69. The van der Waals surface area contributed by atoms with Gasteiger partial charge < -0.3 is 4.90 Å². The second-order valence-corrected chi connectivity index (χ2v) is 10.3. The molecule has 2 aromatic rings. The van der Waals surface area contributed by atoms with Gasteiger partial charge in [-0.3, -0.25) is 4.79 Å². The van der Waals surface area contributed by atoms with E-state index in [4.69, 9.17) is 0 Å². The number of carbonyl (C=O) groups is 1. The molecule has 0 atom stereocenters. The molecular weight excluding hydrogens is 399 g/mol. The van der Waals surface area contributed by atoms with Gasteiger partial charge in [0.15, 0.2) is 0 Å². The normalized spacial score (nSPS) is 18.5. The number of halogens is 1. The highest BCUT2D eigenvalue weighted by atomic mass is 32.2. The summed E-state index contributed by atoms with van der Waals surface area (Å²) in [5.74, 6) is -0.467. The van der Waals surface area contributed by atoms with Crippen LogP contribution in [0, 0.1) is 5.82 Å². The summed E-state index contributed by atoms with van der Waals surface area (Å²) >= 11 is 1.59. The number of amides is 1. The SMILES string of the molecule is O=C(c1cc2c(s1)CCCC2)N1CCCN(S(=O)(=O)c2ccc(F)cc2)CC1. The maximum Gasteiger partial charge on any atom is 0.263 e. The first-order valence-electron chi connectivity index (χ1n) is 9.62. The van der Waals surface area contributed by atoms with Crippen LogP contribution in [-0.2, 0) is 22.9 Å². The van der Waals surface area contributed by atoms with Gasteiger partial charge in [-0.25, -0.2) is 12.8 Å². The predicted octanol–water partition coefficient (Wildman–Crippen LogP) is 3.30. The fraction of sp³-hybridized carbons (Fsp3) is 0.450. The van der Waals surface area contributed by atoms with Gasteiger partial charge in [0.05, 0.1) is 9.77 Å². The van der Waals surface area contributed by atoms with Gasteiger partial charge in [-0.15, -0.1) is 11.3 Å². The topological polar surface area (TPSA) is 57.7 Å². The van der Waals surface area contributed by atoms with E-state index < -0.39 is 15.8 Å². The lowest BCUT2D eigenvalue weighted by Crippen LogP contribution is -2.37. The molecule has 1 saturated heterocycles. The molecule has 150 valence electrons. The number of fused-ring (bicyclic) bond motifs is 1. The number of thiophene rings is 1. The van der Waals surface area contributed by atoms with Gasteiger partial charge in [0.25, 0.3) is 5.91 Å². The van der Waals surface area contributed by atoms with Crippen LogP contribution in [0.15, 0.2) is 35.2 Å². The van der Waals surface area contributed by atoms with Gasteiger partial charge in [0.2, 0.25) is 10.0 Å². The number of benzene rings is 1. The van der Waals surface area contributed by atoms with E-state index in [0.717, 1.165) is 29.9 Å². The molecule has 1 aromatic carbocycles. The molecule has 0 unspecified atom stereocenters. The molecule has 1 aliphatic heterocycles. The van der Waals surface area contributed by atoms with E-state index in [1.165, 1.54) is 39.7 Å². The molecule has 0 N–H and O–H groups in total. The molecule has 4 rings (SSSR count). The van der Waals surface area contributed by atoms with Crippen LogP contribution in [0.4, 0.5) is 4.39 Å². The lowest BCUT2D eigenvalue weighted by molar-refractivity contribution is 0.0769. The van der Waals surface area contributed by atoms with Crippen LogP contribution in [-0.4, -0.2) is 49.7 Å². The highest BCUT2D eigenvalue weighted by Gasteiger charge is 2.29. The molecular formula is C20H23FN2O3S2. The quantitative estimate of drug-likeness (QED) is 0.763. The van der Waals surface area contributed by atoms with Crippen molar-refractivity contribution in [1.82, 2.24) is 9.21 Å². The van der Waals surface area contributed by atoms with Gasteiger partial charge >= 0.3 is 0 Å². The molecule has 1 fully saturated rings. The molecule has 2 heterocycles. The fourth-order valence-corrected chi connectivity index (χ4v) is 6.54. The molecule has 28 heavy (non-hydrogen) atoms. The number of carbonyl (C=O) groups excluding carboxylic acids is 1. The molecule has 0 radical (unpaired) electrons. The maximum absolute atomic E-state index is 13.1. The first-order chi connectivity index (χ1) is 13.4. The zero-order valence-corrected chi connectivity index (χ0v) is 17.2. The van der Waals surface area contributed by atoms with Gasteiger partial charge in [0, 0.05) is 31.1 Å². The third kappa shape index (κ3) is 3.86. The van der Waals surface area contributed by atoms with Crippen LogP contribution in [0.3, 0.4) is 0 Å². The summed E-state index contributed by atoms with van der Waals surface area (Å²) in [5, 5.41) is 0. The summed E-state index contributed by atoms with van der Waals surface area (Å²) in [6, 6.07) is 6.90. The number of hydrogen-bond donors (Lipinski definition) is 0. The Morgan fingerprint density at radius 1 is 0.964 bits per heavy atom. The minimum atomic E-state index is -3.69. The predicted molar refractivity (Wildman–Crippen MR) is 107 cm³/mol. The zero-order chi connectivity index (χ0) is 19.7. The van der Waals surface area contributed by atoms with Gasteiger partial charge in [-0.05, 0) is 68.0 Å². The van der Waals surface area contributed by atoms with E-state index in [2.05, 4.69) is 0 Å². The van der Waals surface area contributed by atoms with Crippen LogP contribution in [0.2, 0.25) is 0 Å². The molecule has 0 saturated carbocycles. The largest absolute Gasteiger partial charge is 0.337 e. The Morgan fingerprint density at radius 2 is 1.71 bits per heavy atom. The monoisotopic (exact) mass is 422 g/mol. The van der Waals surface area contributed by atoms with E-state index >= 15 is 0 Å². The zero-order valence-electron chi connectivity index (χ0n) is 15.6. The Bertz CT molecular complexity index is 946. The van der Waals surface area contributed by atoms with Crippen molar-refractivity contribution < 1.29 is 17.6 Å². The van der Waals surface area contributed by atoms with E-state index in [1.54, 1.807) is 16.2 Å². The van der Waals surface area contributed by atoms with Crippen LogP contribution in [0.5, 0.6) is 0 Å². The standard InChI is InChI=1S/C20H23FN2O3S2/c21-16-6-8-17(9-7-16)28(25,26)23-11-3-10-22(12-13-23)20(24)19-14-15-4-1-2-5-18(15)27-19/h6-9,14H,1-5,10-13H2. The van der Waals surface area contributed by atoms with Crippen molar-refractivity contribution in [2.24, 2.45) is 0 Å². The number of aryl methyl sites for hydroxylation is 2. The molecule has 5 nitrogen and oxygen atoms in total. The van der Waals surface area contributed by atoms with E-state index in [9.17, 15) is 17.6 Å². The average molecular weight is 423 g/mol. The highest BCUT2D eigenvalue weighted by molar-refractivity contribution is 7.89. The molecule has 2 aliphatic rings. The minimum Gasteiger partial charge on any atom is -0.337 e. The van der Waals surface area contributed by atoms with E-state index in [-0.39, 0.29) is 17.3 Å². The third-order valence-corrected chi connectivity index (χ3v) is 8.54. The first-order valence-corrected chi connectivity index (χ1v) is 11.9. The highest BCUT2D eigenvalue weighted by Crippen LogP contribution is 2.30. The molecule has 0 spiro atoms. The number of sulfonamides is 1. The molecule has 0 bridgehead atoms. The summed E-state index contributed by atoms with van der Waals surface area (Å²) in [6.45, 7) is 1.50. The van der Waals surface area contributed by atoms with Crippen molar-refractivity contribution in [2.45, 2.75) is 37.0 Å². The second-order valence-electron chi connectivity index (χ2n) is 7.27. The van der Waals surface area contributed by atoms with Crippen molar-refractivity contribution in [2.75, 3.05) is 26.2 Å². The lowest BCUT2D eigenvalue weighted by atomic mass is 9.99. The molecule has 1 aromatic heterocycles. The third-order valence-electron chi connectivity index (χ3n) is 5.40. The van der Waals surface area contributed by atoms with E-state index in [0.29, 0.717) is 26.1 Å². The lowest BCUT2D eigenvalue weighted by Gasteiger charge is -2.21. The summed E-state index contributed by atoms with van der Waals surface area (Å²) < 4.78 is 40.2. The first kappa shape index (κ1) is 19.5. The molecule has 8 heteroatoms. The Kier molecular flexibility index (Phi) is 5.53. The fourth-order valence-electron chi connectivity index (χ4n) is 3.84. The second kappa shape index (κ2) is 7.93. The van der Waals surface area contributed by atoms with Crippen LogP contribution in [0.1, 0.15) is 39.4 Å². The van der Waals surface area contributed by atoms with Gasteiger partial charge in [-0.2, -0.15) is 4.31 Å². The maximum atomic E-state index is 13.1. The Labute approximate surface area is 168 Å². The Morgan fingerprint density at radius 3 is 2.46 bits per heavy atom. The summed E-state index contributed by atoms with van der Waals surface area (Å²) in [6.07, 6.45) is 5.04. The number of nitrogens with zero attached hydrogens (tertiary/aromatic N) is 2. The molecule has 1 amide bonds. The van der Waals surface area contributed by atoms with Crippen LogP contribution in [0.25, 0.3) is 0 Å². The van der Waals surface area contributed by atoms with Crippen molar-refractivity contribution in [1.29, 1.82) is 0 Å². The van der Waals surface area contributed by atoms with E-state index in [1.807, 2.05) is 6.07 Å². The van der Waals surface area contributed by atoms with Crippen molar-refractivity contribution in [3.63, 3.8) is 0 Å². The van der Waals surface area contributed by atoms with Crippen molar-refractivity contribution >= 4 is 27.3 Å². The van der Waals surface area contributed by atoms with Gasteiger partial charge in [0.1, 0.15) is 5.82 Å². The summed E-state index contributed by atoms with van der Waals surface area (Å²) in [5.41, 5.74) is 1.30. The average Bonchev–Trinajstić information content (AvgIpc) is 2.96. The number of hydrogen-bond acceptors (Lipinski definition) is 4. The van der Waals surface area contributed by atoms with Crippen LogP contribution >= 0.6 is 11.3 Å².